The number of H-pyrrole nitrogens is 1. The van der Waals surface area contributed by atoms with Crippen molar-refractivity contribution in [3.8, 4) is 0 Å². The Balaban J connectivity index is 1.86. The van der Waals surface area contributed by atoms with Gasteiger partial charge in [0.15, 0.2) is 5.69 Å². The summed E-state index contributed by atoms with van der Waals surface area (Å²) in [5, 5.41) is 11.5. The normalized spacial score (nSPS) is 19.0. The summed E-state index contributed by atoms with van der Waals surface area (Å²) in [7, 11) is 1.37. The van der Waals surface area contributed by atoms with Gasteiger partial charge in [0, 0.05) is 23.1 Å². The van der Waals surface area contributed by atoms with Crippen molar-refractivity contribution in [2.75, 3.05) is 7.11 Å². The zero-order valence-corrected chi connectivity index (χ0v) is 14.0. The summed E-state index contributed by atoms with van der Waals surface area (Å²) in [5.74, 6) is -0.417. The maximum absolute atomic E-state index is 11.9. The molecule has 4 nitrogen and oxygen atoms in total. The van der Waals surface area contributed by atoms with Crippen molar-refractivity contribution in [3.63, 3.8) is 0 Å². The minimum atomic E-state index is -0.417. The Bertz CT molecular complexity index is 897. The molecule has 1 aliphatic rings. The van der Waals surface area contributed by atoms with E-state index in [9.17, 15) is 4.79 Å². The number of benzene rings is 1. The third kappa shape index (κ3) is 2.20. The van der Waals surface area contributed by atoms with Gasteiger partial charge < -0.3 is 4.74 Å². The quantitative estimate of drug-likeness (QED) is 0.740. The fourth-order valence-electron chi connectivity index (χ4n) is 3.33. The second-order valence-corrected chi connectivity index (χ2v) is 6.60. The van der Waals surface area contributed by atoms with Crippen LogP contribution < -0.4 is 0 Å². The van der Waals surface area contributed by atoms with Crippen LogP contribution in [0.5, 0.6) is 0 Å². The van der Waals surface area contributed by atoms with Gasteiger partial charge >= 0.3 is 5.97 Å². The van der Waals surface area contributed by atoms with E-state index in [0.717, 1.165) is 17.7 Å². The Morgan fingerprint density at radius 1 is 1.25 bits per heavy atom. The Morgan fingerprint density at radius 2 is 2.08 bits per heavy atom. The summed E-state index contributed by atoms with van der Waals surface area (Å²) < 4.78 is 4.82. The van der Waals surface area contributed by atoms with E-state index in [4.69, 9.17) is 4.74 Å². The lowest BCUT2D eigenvalue weighted by Gasteiger charge is -2.33. The number of carbonyl (C=O) groups is 1. The van der Waals surface area contributed by atoms with E-state index in [-0.39, 0.29) is 5.41 Å². The fourth-order valence-corrected chi connectivity index (χ4v) is 4.07. The van der Waals surface area contributed by atoms with Gasteiger partial charge in [-0.25, -0.2) is 4.79 Å². The van der Waals surface area contributed by atoms with Crippen LogP contribution in [0.2, 0.25) is 0 Å². The number of methoxy groups -OCH3 is 1. The molecule has 2 heterocycles. The van der Waals surface area contributed by atoms with Gasteiger partial charge in [0.1, 0.15) is 0 Å². The van der Waals surface area contributed by atoms with Gasteiger partial charge in [0.2, 0.25) is 0 Å². The van der Waals surface area contributed by atoms with Crippen molar-refractivity contribution in [1.82, 2.24) is 10.2 Å². The van der Waals surface area contributed by atoms with Crippen molar-refractivity contribution in [2.45, 2.75) is 11.8 Å². The fraction of sp³-hybridized carbons (Fsp3) is 0.158. The van der Waals surface area contributed by atoms with Crippen LogP contribution in [0, 0.1) is 0 Å². The smallest absolute Gasteiger partial charge is 0.359 e. The third-order valence-electron chi connectivity index (χ3n) is 4.58. The Morgan fingerprint density at radius 3 is 2.79 bits per heavy atom. The largest absolute Gasteiger partial charge is 0.464 e. The lowest BCUT2D eigenvalue weighted by molar-refractivity contribution is 0.0593. The molecule has 0 saturated heterocycles. The number of ether oxygens (including phenoxy) is 1. The molecule has 1 aliphatic carbocycles. The predicted molar refractivity (Wildman–Crippen MR) is 94.2 cm³/mol. The number of allylic oxidation sites excluding steroid dienone is 1. The van der Waals surface area contributed by atoms with Gasteiger partial charge in [0.25, 0.3) is 0 Å². The number of nitrogens with one attached hydrogen (secondary N) is 1. The Labute approximate surface area is 143 Å². The monoisotopic (exact) mass is 336 g/mol. The van der Waals surface area contributed by atoms with E-state index in [0.29, 0.717) is 5.69 Å². The van der Waals surface area contributed by atoms with E-state index in [1.165, 1.54) is 18.2 Å². The highest BCUT2D eigenvalue weighted by molar-refractivity contribution is 7.08. The minimum Gasteiger partial charge on any atom is -0.464 e. The Kier molecular flexibility index (Phi) is 3.58. The molecule has 1 unspecified atom stereocenters. The number of esters is 1. The van der Waals surface area contributed by atoms with Crippen LogP contribution in [0.25, 0.3) is 6.08 Å². The number of hydrogen-bond acceptors (Lipinski definition) is 4. The molecule has 0 radical (unpaired) electrons. The number of hydrogen-bond donors (Lipinski definition) is 1. The number of carbonyl (C=O) groups excluding carboxylic acids is 1. The zero-order chi connectivity index (χ0) is 16.6. The highest BCUT2D eigenvalue weighted by Crippen LogP contribution is 2.42. The number of rotatable bonds is 3. The number of aromatic amines is 1. The van der Waals surface area contributed by atoms with Crippen LogP contribution in [0.3, 0.4) is 0 Å². The van der Waals surface area contributed by atoms with Gasteiger partial charge in [-0.2, -0.15) is 16.4 Å². The topological polar surface area (TPSA) is 55.0 Å². The standard InChI is InChI=1S/C19H16N2O2S/c1-23-18(22)17-15-7-9-19(11-16(15)20-21-17,14-8-10-24-12-14)13-5-3-2-4-6-13/h2-10,12H,11H2,1H3,(H,20,21). The number of aromatic nitrogens is 2. The second-order valence-electron chi connectivity index (χ2n) is 5.82. The first-order chi connectivity index (χ1) is 11.7. The van der Waals surface area contributed by atoms with Gasteiger partial charge in [-0.05, 0) is 28.0 Å². The van der Waals surface area contributed by atoms with Crippen molar-refractivity contribution >= 4 is 23.4 Å². The lowest BCUT2D eigenvalue weighted by Crippen LogP contribution is -2.30. The van der Waals surface area contributed by atoms with Crippen LogP contribution in [0.4, 0.5) is 0 Å². The average molecular weight is 336 g/mol. The van der Waals surface area contributed by atoms with Crippen LogP contribution in [-0.2, 0) is 16.6 Å². The van der Waals surface area contributed by atoms with Gasteiger partial charge in [-0.15, -0.1) is 0 Å². The van der Waals surface area contributed by atoms with E-state index in [1.807, 2.05) is 12.1 Å². The van der Waals surface area contributed by atoms with Crippen LogP contribution in [0.1, 0.15) is 32.9 Å². The molecule has 1 N–H and O–H groups in total. The minimum absolute atomic E-state index is 0.256. The maximum Gasteiger partial charge on any atom is 0.359 e. The van der Waals surface area contributed by atoms with Crippen molar-refractivity contribution in [3.05, 3.63) is 81.3 Å². The molecular weight excluding hydrogens is 320 g/mol. The Hall–Kier alpha value is -2.66. The third-order valence-corrected chi connectivity index (χ3v) is 5.26. The molecule has 4 rings (SSSR count). The molecule has 24 heavy (non-hydrogen) atoms. The SMILES string of the molecule is COC(=O)c1n[nH]c2c1C=CC(c1ccccc1)(c1ccsc1)C2. The van der Waals surface area contributed by atoms with Crippen molar-refractivity contribution in [1.29, 1.82) is 0 Å². The average Bonchev–Trinajstić information content (AvgIpc) is 3.31. The molecule has 0 saturated carbocycles. The molecule has 0 spiro atoms. The highest BCUT2D eigenvalue weighted by atomic mass is 32.1. The number of nitrogens with zero attached hydrogens (tertiary/aromatic N) is 1. The molecule has 120 valence electrons. The van der Waals surface area contributed by atoms with Crippen LogP contribution in [0.15, 0.2) is 53.2 Å². The summed E-state index contributed by atoms with van der Waals surface area (Å²) in [4.78, 5) is 11.9. The van der Waals surface area contributed by atoms with E-state index < -0.39 is 5.97 Å². The lowest BCUT2D eigenvalue weighted by atomic mass is 9.69. The summed E-state index contributed by atoms with van der Waals surface area (Å²) in [6.45, 7) is 0. The molecular formula is C19H16N2O2S. The van der Waals surface area contributed by atoms with Crippen LogP contribution >= 0.6 is 11.3 Å². The predicted octanol–water partition coefficient (Wildman–Crippen LogP) is 3.81. The first-order valence-electron chi connectivity index (χ1n) is 7.67. The molecule has 5 heteroatoms. The summed E-state index contributed by atoms with van der Waals surface area (Å²) in [5.41, 5.74) is 4.33. The molecule has 0 amide bonds. The molecule has 0 fully saturated rings. The number of fused-ring (bicyclic) bond motifs is 1. The van der Waals surface area contributed by atoms with E-state index >= 15 is 0 Å². The molecule has 0 aliphatic heterocycles. The first kappa shape index (κ1) is 14.9. The van der Waals surface area contributed by atoms with E-state index in [2.05, 4.69) is 57.4 Å². The number of thiophene rings is 1. The molecule has 1 aromatic carbocycles. The summed E-state index contributed by atoms with van der Waals surface area (Å²) in [6, 6.07) is 12.6. The highest BCUT2D eigenvalue weighted by Gasteiger charge is 2.37. The summed E-state index contributed by atoms with van der Waals surface area (Å²) in [6.07, 6.45) is 4.89. The van der Waals surface area contributed by atoms with Gasteiger partial charge in [0.05, 0.1) is 7.11 Å². The van der Waals surface area contributed by atoms with Crippen LogP contribution in [-0.4, -0.2) is 23.3 Å². The molecule has 3 aromatic rings. The van der Waals surface area contributed by atoms with Crippen molar-refractivity contribution < 1.29 is 9.53 Å². The van der Waals surface area contributed by atoms with Gasteiger partial charge in [-0.3, -0.25) is 5.10 Å². The molecule has 0 bridgehead atoms. The van der Waals surface area contributed by atoms with Crippen molar-refractivity contribution in [2.24, 2.45) is 0 Å². The van der Waals surface area contributed by atoms with Gasteiger partial charge in [-0.1, -0.05) is 42.5 Å². The molecule has 2 aromatic heterocycles. The van der Waals surface area contributed by atoms with E-state index in [1.54, 1.807) is 11.3 Å². The zero-order valence-electron chi connectivity index (χ0n) is 13.2. The maximum atomic E-state index is 11.9. The first-order valence-corrected chi connectivity index (χ1v) is 8.62. The molecule has 1 atom stereocenters. The summed E-state index contributed by atoms with van der Waals surface area (Å²) >= 11 is 1.69. The second kappa shape index (κ2) is 5.76.